The van der Waals surface area contributed by atoms with Gasteiger partial charge in [0.1, 0.15) is 6.04 Å². The molecule has 0 bridgehead atoms. The van der Waals surface area contributed by atoms with Gasteiger partial charge in [-0.05, 0) is 17.5 Å². The van der Waals surface area contributed by atoms with E-state index in [2.05, 4.69) is 10.3 Å². The van der Waals surface area contributed by atoms with Gasteiger partial charge in [0.2, 0.25) is 0 Å². The van der Waals surface area contributed by atoms with E-state index < -0.39 is 18.1 Å². The summed E-state index contributed by atoms with van der Waals surface area (Å²) >= 11 is 0. The molecule has 1 atom stereocenters. The second-order valence-corrected chi connectivity index (χ2v) is 5.59. The molecule has 1 amide bonds. The highest BCUT2D eigenvalue weighted by Gasteiger charge is 2.22. The van der Waals surface area contributed by atoms with Crippen molar-refractivity contribution >= 4 is 23.0 Å². The Bertz CT molecular complexity index is 663. The number of benzene rings is 1. The van der Waals surface area contributed by atoms with E-state index in [9.17, 15) is 14.7 Å². The summed E-state index contributed by atoms with van der Waals surface area (Å²) in [5.41, 5.74) is 1.77. The molecule has 1 aromatic carbocycles. The SMILES string of the molecule is CC(C)COC(=O)NC(Cc1c[nH]c2ccccc12)C(=O)O. The van der Waals surface area contributed by atoms with Crippen molar-refractivity contribution in [3.63, 3.8) is 0 Å². The Morgan fingerprint density at radius 1 is 1.32 bits per heavy atom. The van der Waals surface area contributed by atoms with Gasteiger partial charge in [-0.25, -0.2) is 9.59 Å². The average Bonchev–Trinajstić information content (AvgIpc) is 2.87. The molecule has 22 heavy (non-hydrogen) atoms. The minimum Gasteiger partial charge on any atom is -0.480 e. The number of carbonyl (C=O) groups excluding carboxylic acids is 1. The van der Waals surface area contributed by atoms with Crippen LogP contribution in [0.3, 0.4) is 0 Å². The molecular formula is C16H20N2O4. The molecule has 1 unspecified atom stereocenters. The van der Waals surface area contributed by atoms with Crippen LogP contribution in [0.25, 0.3) is 10.9 Å². The largest absolute Gasteiger partial charge is 0.480 e. The van der Waals surface area contributed by atoms with Gasteiger partial charge < -0.3 is 20.1 Å². The number of H-pyrrole nitrogens is 1. The molecule has 1 aromatic heterocycles. The number of carboxylic acid groups (broad SMARTS) is 1. The number of hydrogen-bond acceptors (Lipinski definition) is 3. The molecule has 0 radical (unpaired) electrons. The van der Waals surface area contributed by atoms with E-state index in [-0.39, 0.29) is 18.9 Å². The van der Waals surface area contributed by atoms with Crippen molar-refractivity contribution < 1.29 is 19.4 Å². The number of alkyl carbamates (subject to hydrolysis) is 1. The molecule has 0 aliphatic heterocycles. The smallest absolute Gasteiger partial charge is 0.407 e. The van der Waals surface area contributed by atoms with Crippen molar-refractivity contribution in [3.05, 3.63) is 36.0 Å². The van der Waals surface area contributed by atoms with Gasteiger partial charge in [0.15, 0.2) is 0 Å². The lowest BCUT2D eigenvalue weighted by Crippen LogP contribution is -2.42. The van der Waals surface area contributed by atoms with Gasteiger partial charge in [-0.1, -0.05) is 32.0 Å². The van der Waals surface area contributed by atoms with Crippen molar-refractivity contribution in [1.29, 1.82) is 0 Å². The predicted molar refractivity (Wildman–Crippen MR) is 82.7 cm³/mol. The molecule has 2 rings (SSSR count). The van der Waals surface area contributed by atoms with Crippen LogP contribution in [0, 0.1) is 5.92 Å². The van der Waals surface area contributed by atoms with Gasteiger partial charge in [0.05, 0.1) is 6.61 Å². The molecular weight excluding hydrogens is 284 g/mol. The van der Waals surface area contributed by atoms with Crippen molar-refractivity contribution in [1.82, 2.24) is 10.3 Å². The number of carbonyl (C=O) groups is 2. The summed E-state index contributed by atoms with van der Waals surface area (Å²) in [6, 6.07) is 6.59. The topological polar surface area (TPSA) is 91.4 Å². The summed E-state index contributed by atoms with van der Waals surface area (Å²) in [4.78, 5) is 26.1. The zero-order chi connectivity index (χ0) is 16.1. The molecule has 0 saturated carbocycles. The molecule has 0 spiro atoms. The fourth-order valence-corrected chi connectivity index (χ4v) is 2.15. The number of amides is 1. The zero-order valence-electron chi connectivity index (χ0n) is 12.6. The molecule has 6 heteroatoms. The lowest BCUT2D eigenvalue weighted by Gasteiger charge is -2.15. The maximum Gasteiger partial charge on any atom is 0.407 e. The number of ether oxygens (including phenoxy) is 1. The van der Waals surface area contributed by atoms with Crippen LogP contribution in [-0.4, -0.2) is 34.8 Å². The highest BCUT2D eigenvalue weighted by Crippen LogP contribution is 2.19. The van der Waals surface area contributed by atoms with Crippen LogP contribution in [-0.2, 0) is 16.0 Å². The first-order valence-corrected chi connectivity index (χ1v) is 7.18. The second kappa shape index (κ2) is 6.98. The molecule has 0 fully saturated rings. The third-order valence-electron chi connectivity index (χ3n) is 3.24. The van der Waals surface area contributed by atoms with Crippen LogP contribution in [0.2, 0.25) is 0 Å². The number of aromatic nitrogens is 1. The fourth-order valence-electron chi connectivity index (χ4n) is 2.15. The number of hydrogen-bond donors (Lipinski definition) is 3. The minimum atomic E-state index is -1.09. The summed E-state index contributed by atoms with van der Waals surface area (Å²) in [7, 11) is 0. The zero-order valence-corrected chi connectivity index (χ0v) is 12.6. The lowest BCUT2D eigenvalue weighted by molar-refractivity contribution is -0.139. The van der Waals surface area contributed by atoms with Crippen molar-refractivity contribution in [2.75, 3.05) is 6.61 Å². The quantitative estimate of drug-likeness (QED) is 0.765. The minimum absolute atomic E-state index is 0.191. The van der Waals surface area contributed by atoms with E-state index >= 15 is 0 Å². The number of aliphatic carboxylic acids is 1. The summed E-state index contributed by atoms with van der Waals surface area (Å²) in [5.74, 6) is -0.894. The van der Waals surface area contributed by atoms with Crippen molar-refractivity contribution in [2.45, 2.75) is 26.3 Å². The first-order chi connectivity index (χ1) is 10.5. The molecule has 0 aliphatic rings. The third kappa shape index (κ3) is 4.00. The van der Waals surface area contributed by atoms with E-state index in [1.54, 1.807) is 6.20 Å². The van der Waals surface area contributed by atoms with Crippen LogP contribution in [0.1, 0.15) is 19.4 Å². The summed E-state index contributed by atoms with van der Waals surface area (Å²) in [6.45, 7) is 4.08. The average molecular weight is 304 g/mol. The van der Waals surface area contributed by atoms with Crippen LogP contribution >= 0.6 is 0 Å². The van der Waals surface area contributed by atoms with Crippen molar-refractivity contribution in [2.24, 2.45) is 5.92 Å². The van der Waals surface area contributed by atoms with Gasteiger partial charge in [-0.2, -0.15) is 0 Å². The number of fused-ring (bicyclic) bond motifs is 1. The summed E-state index contributed by atoms with van der Waals surface area (Å²) < 4.78 is 4.97. The Kier molecular flexibility index (Phi) is 5.04. The van der Waals surface area contributed by atoms with Gasteiger partial charge in [0, 0.05) is 23.5 Å². The Hall–Kier alpha value is -2.50. The Labute approximate surface area is 128 Å². The number of rotatable bonds is 6. The molecule has 0 aliphatic carbocycles. The number of carboxylic acids is 1. The Morgan fingerprint density at radius 3 is 2.73 bits per heavy atom. The van der Waals surface area contributed by atoms with E-state index in [1.165, 1.54) is 0 Å². The van der Waals surface area contributed by atoms with Crippen LogP contribution < -0.4 is 5.32 Å². The fraction of sp³-hybridized carbons (Fsp3) is 0.375. The summed E-state index contributed by atoms with van der Waals surface area (Å²) in [6.07, 6.45) is 1.25. The van der Waals surface area contributed by atoms with Crippen LogP contribution in [0.5, 0.6) is 0 Å². The van der Waals surface area contributed by atoms with Crippen LogP contribution in [0.15, 0.2) is 30.5 Å². The molecule has 1 heterocycles. The normalized spacial score (nSPS) is 12.3. The lowest BCUT2D eigenvalue weighted by atomic mass is 10.1. The monoisotopic (exact) mass is 304 g/mol. The van der Waals surface area contributed by atoms with Gasteiger partial charge >= 0.3 is 12.1 Å². The molecule has 3 N–H and O–H groups in total. The second-order valence-electron chi connectivity index (χ2n) is 5.59. The first-order valence-electron chi connectivity index (χ1n) is 7.18. The Balaban J connectivity index is 2.06. The van der Waals surface area contributed by atoms with Gasteiger partial charge in [0.25, 0.3) is 0 Å². The maximum atomic E-state index is 11.6. The molecule has 2 aromatic rings. The van der Waals surface area contributed by atoms with E-state index in [0.717, 1.165) is 16.5 Å². The molecule has 0 saturated heterocycles. The van der Waals surface area contributed by atoms with E-state index in [0.29, 0.717) is 0 Å². The molecule has 118 valence electrons. The third-order valence-corrected chi connectivity index (χ3v) is 3.24. The van der Waals surface area contributed by atoms with Gasteiger partial charge in [-0.3, -0.25) is 0 Å². The van der Waals surface area contributed by atoms with Crippen LogP contribution in [0.4, 0.5) is 4.79 Å². The predicted octanol–water partition coefficient (Wildman–Crippen LogP) is 2.55. The standard InChI is InChI=1S/C16H20N2O4/c1-10(2)9-22-16(21)18-14(15(19)20)7-11-8-17-13-6-4-3-5-12(11)13/h3-6,8,10,14,17H,7,9H2,1-2H3,(H,18,21)(H,19,20). The highest BCUT2D eigenvalue weighted by atomic mass is 16.5. The molecule has 6 nitrogen and oxygen atoms in total. The summed E-state index contributed by atoms with van der Waals surface area (Å²) in [5, 5.41) is 12.6. The first kappa shape index (κ1) is 15.9. The highest BCUT2D eigenvalue weighted by molar-refractivity contribution is 5.85. The van der Waals surface area contributed by atoms with E-state index in [1.807, 2.05) is 38.1 Å². The number of nitrogens with one attached hydrogen (secondary N) is 2. The van der Waals surface area contributed by atoms with Gasteiger partial charge in [-0.15, -0.1) is 0 Å². The van der Waals surface area contributed by atoms with E-state index in [4.69, 9.17) is 4.74 Å². The number of para-hydroxylation sites is 1. The maximum absolute atomic E-state index is 11.6. The Morgan fingerprint density at radius 2 is 2.05 bits per heavy atom. The van der Waals surface area contributed by atoms with Crippen molar-refractivity contribution in [3.8, 4) is 0 Å². The number of aromatic amines is 1.